The molecule has 4 nitrogen and oxygen atoms in total. The first kappa shape index (κ1) is 16.5. The highest BCUT2D eigenvalue weighted by atomic mass is 19.1. The molecule has 2 aromatic rings. The van der Waals surface area contributed by atoms with E-state index in [4.69, 9.17) is 4.74 Å². The van der Waals surface area contributed by atoms with E-state index in [1.165, 1.54) is 0 Å². The highest BCUT2D eigenvalue weighted by Gasteiger charge is 2.17. The van der Waals surface area contributed by atoms with Crippen LogP contribution in [0.1, 0.15) is 23.1 Å². The van der Waals surface area contributed by atoms with Crippen LogP contribution in [0, 0.1) is 5.82 Å². The number of hydrogen-bond donors (Lipinski definition) is 2. The van der Waals surface area contributed by atoms with E-state index in [0.29, 0.717) is 24.9 Å². The number of carbonyl (C=O) groups is 1. The van der Waals surface area contributed by atoms with Gasteiger partial charge in [-0.05, 0) is 48.2 Å². The third kappa shape index (κ3) is 3.57. The van der Waals surface area contributed by atoms with Crippen LogP contribution in [0.15, 0.2) is 36.4 Å². The van der Waals surface area contributed by atoms with Gasteiger partial charge in [-0.3, -0.25) is 4.79 Å². The van der Waals surface area contributed by atoms with Crippen LogP contribution in [0.25, 0.3) is 0 Å². The molecule has 0 saturated carbocycles. The van der Waals surface area contributed by atoms with Crippen LogP contribution in [-0.2, 0) is 24.2 Å². The molecule has 5 heteroatoms. The summed E-state index contributed by atoms with van der Waals surface area (Å²) in [5.74, 6) is 0.256. The summed E-state index contributed by atoms with van der Waals surface area (Å²) in [6.45, 7) is 1.43. The normalized spacial score (nSPS) is 13.2. The van der Waals surface area contributed by atoms with E-state index in [2.05, 4.69) is 10.6 Å². The maximum absolute atomic E-state index is 14.5. The third-order valence-corrected chi connectivity index (χ3v) is 4.30. The highest BCUT2D eigenvalue weighted by Crippen LogP contribution is 2.25. The van der Waals surface area contributed by atoms with Crippen molar-refractivity contribution in [2.75, 3.05) is 19.0 Å². The summed E-state index contributed by atoms with van der Waals surface area (Å²) in [5.41, 5.74) is 2.90. The van der Waals surface area contributed by atoms with Gasteiger partial charge in [0.1, 0.15) is 11.6 Å². The van der Waals surface area contributed by atoms with Gasteiger partial charge in [-0.25, -0.2) is 4.39 Å². The molecule has 24 heavy (non-hydrogen) atoms. The molecule has 0 spiro atoms. The second kappa shape index (κ2) is 7.45. The molecule has 0 aromatic heterocycles. The first-order chi connectivity index (χ1) is 11.7. The second-order valence-electron chi connectivity index (χ2n) is 5.85. The van der Waals surface area contributed by atoms with Gasteiger partial charge in [-0.1, -0.05) is 24.3 Å². The molecular weight excluding hydrogens is 307 g/mol. The molecule has 2 aromatic carbocycles. The average Bonchev–Trinajstić information content (AvgIpc) is 2.63. The van der Waals surface area contributed by atoms with E-state index in [1.54, 1.807) is 13.2 Å². The van der Waals surface area contributed by atoms with Crippen LogP contribution in [0.5, 0.6) is 5.75 Å². The van der Waals surface area contributed by atoms with Gasteiger partial charge in [-0.15, -0.1) is 0 Å². The number of halogens is 1. The van der Waals surface area contributed by atoms with Crippen molar-refractivity contribution in [3.63, 3.8) is 0 Å². The smallest absolute Gasteiger partial charge is 0.224 e. The van der Waals surface area contributed by atoms with Gasteiger partial charge in [0.15, 0.2) is 0 Å². The van der Waals surface area contributed by atoms with Gasteiger partial charge in [0.05, 0.1) is 12.8 Å². The fraction of sp³-hybridized carbons (Fsp3) is 0.316. The number of aryl methyl sites for hydroxylation is 1. The largest absolute Gasteiger partial charge is 0.496 e. The molecule has 0 radical (unpaired) electrons. The molecule has 0 bridgehead atoms. The molecule has 1 aliphatic heterocycles. The fourth-order valence-corrected chi connectivity index (χ4v) is 3.00. The number of methoxy groups -OCH3 is 1. The third-order valence-electron chi connectivity index (χ3n) is 4.30. The van der Waals surface area contributed by atoms with E-state index >= 15 is 0 Å². The number of amides is 1. The number of nitrogens with one attached hydrogen (secondary N) is 2. The minimum atomic E-state index is -0.306. The summed E-state index contributed by atoms with van der Waals surface area (Å²) in [4.78, 5) is 12.2. The van der Waals surface area contributed by atoms with Gasteiger partial charge in [0.25, 0.3) is 0 Å². The van der Waals surface area contributed by atoms with Crippen LogP contribution in [-0.4, -0.2) is 19.6 Å². The Labute approximate surface area is 141 Å². The highest BCUT2D eigenvalue weighted by molar-refractivity contribution is 5.91. The lowest BCUT2D eigenvalue weighted by Gasteiger charge is -2.19. The van der Waals surface area contributed by atoms with E-state index in [1.807, 2.05) is 30.3 Å². The monoisotopic (exact) mass is 328 g/mol. The van der Waals surface area contributed by atoms with Crippen molar-refractivity contribution in [3.05, 3.63) is 58.9 Å². The fourth-order valence-electron chi connectivity index (χ4n) is 3.00. The Morgan fingerprint density at radius 1 is 1.29 bits per heavy atom. The number of carbonyl (C=O) groups excluding carboxylic acids is 1. The van der Waals surface area contributed by atoms with E-state index < -0.39 is 0 Å². The molecule has 1 amide bonds. The van der Waals surface area contributed by atoms with Crippen molar-refractivity contribution in [2.45, 2.75) is 25.8 Å². The van der Waals surface area contributed by atoms with E-state index in [-0.39, 0.29) is 23.8 Å². The molecule has 1 aliphatic rings. The Hall–Kier alpha value is -2.40. The van der Waals surface area contributed by atoms with Gasteiger partial charge in [0, 0.05) is 13.0 Å². The van der Waals surface area contributed by atoms with Gasteiger partial charge in [-0.2, -0.15) is 0 Å². The zero-order valence-electron chi connectivity index (χ0n) is 13.7. The summed E-state index contributed by atoms with van der Waals surface area (Å²) in [6.07, 6.45) is 1.47. The molecule has 0 unspecified atom stereocenters. The number of para-hydroxylation sites is 1. The molecule has 0 fully saturated rings. The first-order valence-electron chi connectivity index (χ1n) is 8.11. The summed E-state index contributed by atoms with van der Waals surface area (Å²) < 4.78 is 19.8. The quantitative estimate of drug-likeness (QED) is 0.887. The Kier molecular flexibility index (Phi) is 5.11. The van der Waals surface area contributed by atoms with Crippen molar-refractivity contribution in [1.29, 1.82) is 0 Å². The van der Waals surface area contributed by atoms with Crippen LogP contribution in [0.2, 0.25) is 0 Å². The Morgan fingerprint density at radius 3 is 2.96 bits per heavy atom. The van der Waals surface area contributed by atoms with Crippen molar-refractivity contribution >= 4 is 11.6 Å². The number of hydrogen-bond acceptors (Lipinski definition) is 3. The molecule has 126 valence electrons. The number of anilines is 1. The van der Waals surface area contributed by atoms with Crippen molar-refractivity contribution < 1.29 is 13.9 Å². The molecule has 2 N–H and O–H groups in total. The maximum Gasteiger partial charge on any atom is 0.224 e. The van der Waals surface area contributed by atoms with E-state index in [9.17, 15) is 9.18 Å². The lowest BCUT2D eigenvalue weighted by atomic mass is 9.99. The summed E-state index contributed by atoms with van der Waals surface area (Å²) >= 11 is 0. The van der Waals surface area contributed by atoms with Gasteiger partial charge in [0.2, 0.25) is 5.91 Å². The molecule has 0 aliphatic carbocycles. The molecule has 0 saturated heterocycles. The Bertz CT molecular complexity index is 746. The number of rotatable bonds is 5. The Morgan fingerprint density at radius 2 is 2.12 bits per heavy atom. The number of benzene rings is 2. The van der Waals surface area contributed by atoms with Gasteiger partial charge >= 0.3 is 0 Å². The van der Waals surface area contributed by atoms with Crippen LogP contribution in [0.4, 0.5) is 10.1 Å². The van der Waals surface area contributed by atoms with Crippen LogP contribution >= 0.6 is 0 Å². The first-order valence-corrected chi connectivity index (χ1v) is 8.11. The van der Waals surface area contributed by atoms with Crippen LogP contribution < -0.4 is 15.4 Å². The molecule has 0 atom stereocenters. The predicted octanol–water partition coefficient (Wildman–Crippen LogP) is 3.05. The minimum absolute atomic E-state index is 0.200. The molecule has 1 heterocycles. The van der Waals surface area contributed by atoms with Crippen molar-refractivity contribution in [1.82, 2.24) is 5.32 Å². The predicted molar refractivity (Wildman–Crippen MR) is 91.8 cm³/mol. The maximum atomic E-state index is 14.5. The second-order valence-corrected chi connectivity index (χ2v) is 5.85. The number of ether oxygens (including phenoxy) is 1. The lowest BCUT2D eigenvalue weighted by Crippen LogP contribution is -2.25. The number of fused-ring (bicyclic) bond motifs is 1. The molecule has 3 rings (SSSR count). The minimum Gasteiger partial charge on any atom is -0.496 e. The van der Waals surface area contributed by atoms with Crippen molar-refractivity contribution in [2.24, 2.45) is 0 Å². The molecular formula is C19H21FN2O2. The van der Waals surface area contributed by atoms with E-state index in [0.717, 1.165) is 23.4 Å². The zero-order chi connectivity index (χ0) is 16.9. The zero-order valence-corrected chi connectivity index (χ0v) is 13.7. The Balaban J connectivity index is 1.65. The standard InChI is InChI=1S/C19H21FN2O2/c1-24-17-5-3-2-4-13(17)7-9-18(23)22-16-8-6-14-12-21-11-10-15(14)19(16)20/h2-6,8,21H,7,9-12H2,1H3,(H,22,23). The van der Waals surface area contributed by atoms with Crippen molar-refractivity contribution in [3.8, 4) is 5.75 Å². The summed E-state index contributed by atoms with van der Waals surface area (Å²) in [5, 5.41) is 5.90. The summed E-state index contributed by atoms with van der Waals surface area (Å²) in [6, 6.07) is 11.1. The van der Waals surface area contributed by atoms with Gasteiger partial charge < -0.3 is 15.4 Å². The topological polar surface area (TPSA) is 50.4 Å². The van der Waals surface area contributed by atoms with Crippen LogP contribution in [0.3, 0.4) is 0 Å². The summed E-state index contributed by atoms with van der Waals surface area (Å²) in [7, 11) is 1.61. The lowest BCUT2D eigenvalue weighted by molar-refractivity contribution is -0.116. The average molecular weight is 328 g/mol. The SMILES string of the molecule is COc1ccccc1CCC(=O)Nc1ccc2c(c1F)CCNC2.